The van der Waals surface area contributed by atoms with Crippen molar-refractivity contribution in [3.05, 3.63) is 29.3 Å². The van der Waals surface area contributed by atoms with Gasteiger partial charge in [-0.2, -0.15) is 0 Å². The van der Waals surface area contributed by atoms with E-state index < -0.39 is 0 Å². The van der Waals surface area contributed by atoms with E-state index in [0.29, 0.717) is 0 Å². The fourth-order valence-electron chi connectivity index (χ4n) is 1.85. The van der Waals surface area contributed by atoms with Gasteiger partial charge < -0.3 is 15.2 Å². The second-order valence-electron chi connectivity index (χ2n) is 3.86. The van der Waals surface area contributed by atoms with Crippen LogP contribution in [0.4, 0.5) is 0 Å². The van der Waals surface area contributed by atoms with E-state index >= 15 is 0 Å². The van der Waals surface area contributed by atoms with E-state index in [4.69, 9.17) is 15.2 Å². The van der Waals surface area contributed by atoms with Crippen LogP contribution in [0, 0.1) is 0 Å². The Balaban J connectivity index is 2.19. The molecule has 0 radical (unpaired) electrons. The number of nitrogens with two attached hydrogens (primary N) is 1. The highest BCUT2D eigenvalue weighted by Gasteiger charge is 2.17. The number of benzene rings is 1. The largest absolute Gasteiger partial charge is 0.493 e. The standard InChI is InChI=1S/C12H17NO2/c1-14-6-4-9-2-3-12-10(8-9)11(13)5-7-15-12/h2-3,8,11H,4-7,13H2,1H3. The molecule has 1 aliphatic rings. The molecular weight excluding hydrogens is 190 g/mol. The van der Waals surface area contributed by atoms with Gasteiger partial charge in [0.05, 0.1) is 13.2 Å². The molecule has 0 saturated carbocycles. The van der Waals surface area contributed by atoms with Gasteiger partial charge in [-0.1, -0.05) is 12.1 Å². The third kappa shape index (κ3) is 2.30. The van der Waals surface area contributed by atoms with Gasteiger partial charge in [0.1, 0.15) is 5.75 Å². The molecule has 1 aromatic carbocycles. The van der Waals surface area contributed by atoms with Crippen molar-refractivity contribution in [2.24, 2.45) is 5.73 Å². The van der Waals surface area contributed by atoms with E-state index in [1.54, 1.807) is 7.11 Å². The summed E-state index contributed by atoms with van der Waals surface area (Å²) in [4.78, 5) is 0. The molecule has 0 amide bonds. The van der Waals surface area contributed by atoms with E-state index in [1.165, 1.54) is 5.56 Å². The van der Waals surface area contributed by atoms with Crippen LogP contribution in [0.25, 0.3) is 0 Å². The summed E-state index contributed by atoms with van der Waals surface area (Å²) in [5.41, 5.74) is 8.43. The average Bonchev–Trinajstić information content (AvgIpc) is 2.27. The number of hydrogen-bond acceptors (Lipinski definition) is 3. The van der Waals surface area contributed by atoms with Crippen LogP contribution in [0.1, 0.15) is 23.6 Å². The molecule has 2 rings (SSSR count). The molecule has 2 N–H and O–H groups in total. The molecule has 1 aromatic rings. The minimum Gasteiger partial charge on any atom is -0.493 e. The summed E-state index contributed by atoms with van der Waals surface area (Å²) >= 11 is 0. The third-order valence-electron chi connectivity index (χ3n) is 2.75. The lowest BCUT2D eigenvalue weighted by Gasteiger charge is -2.23. The van der Waals surface area contributed by atoms with Crippen LogP contribution < -0.4 is 10.5 Å². The molecule has 0 saturated heterocycles. The zero-order chi connectivity index (χ0) is 10.7. The quantitative estimate of drug-likeness (QED) is 0.819. The summed E-state index contributed by atoms with van der Waals surface area (Å²) in [6.07, 6.45) is 1.83. The van der Waals surface area contributed by atoms with Crippen LogP contribution in [-0.2, 0) is 11.2 Å². The van der Waals surface area contributed by atoms with Crippen LogP contribution in [0.15, 0.2) is 18.2 Å². The summed E-state index contributed by atoms with van der Waals surface area (Å²) in [5.74, 6) is 0.940. The van der Waals surface area contributed by atoms with Crippen LogP contribution >= 0.6 is 0 Å². The molecule has 0 bridgehead atoms. The number of hydrogen-bond donors (Lipinski definition) is 1. The number of fused-ring (bicyclic) bond motifs is 1. The van der Waals surface area contributed by atoms with Crippen molar-refractivity contribution in [2.75, 3.05) is 20.3 Å². The van der Waals surface area contributed by atoms with Crippen molar-refractivity contribution >= 4 is 0 Å². The Kier molecular flexibility index (Phi) is 3.23. The van der Waals surface area contributed by atoms with Gasteiger partial charge in [0.15, 0.2) is 0 Å². The van der Waals surface area contributed by atoms with Crippen molar-refractivity contribution in [1.29, 1.82) is 0 Å². The fraction of sp³-hybridized carbons (Fsp3) is 0.500. The van der Waals surface area contributed by atoms with Crippen molar-refractivity contribution < 1.29 is 9.47 Å². The second kappa shape index (κ2) is 4.64. The van der Waals surface area contributed by atoms with Gasteiger partial charge in [-0.3, -0.25) is 0 Å². The Hall–Kier alpha value is -1.06. The topological polar surface area (TPSA) is 44.5 Å². The number of ether oxygens (including phenoxy) is 2. The summed E-state index contributed by atoms with van der Waals surface area (Å²) in [5, 5.41) is 0. The van der Waals surface area contributed by atoms with Gasteiger partial charge in [0.25, 0.3) is 0 Å². The maximum absolute atomic E-state index is 6.03. The van der Waals surface area contributed by atoms with Crippen LogP contribution in [0.2, 0.25) is 0 Å². The molecule has 0 aromatic heterocycles. The molecule has 15 heavy (non-hydrogen) atoms. The van der Waals surface area contributed by atoms with Crippen molar-refractivity contribution in [3.8, 4) is 5.75 Å². The molecule has 0 fully saturated rings. The average molecular weight is 207 g/mol. The molecule has 82 valence electrons. The lowest BCUT2D eigenvalue weighted by molar-refractivity contribution is 0.202. The molecule has 3 nitrogen and oxygen atoms in total. The molecule has 1 aliphatic heterocycles. The Morgan fingerprint density at radius 1 is 1.53 bits per heavy atom. The Morgan fingerprint density at radius 3 is 3.20 bits per heavy atom. The van der Waals surface area contributed by atoms with Gasteiger partial charge in [0.2, 0.25) is 0 Å². The first-order chi connectivity index (χ1) is 7.31. The molecule has 0 spiro atoms. The summed E-state index contributed by atoms with van der Waals surface area (Å²) in [7, 11) is 1.72. The number of methoxy groups -OCH3 is 1. The molecule has 1 unspecified atom stereocenters. The highest BCUT2D eigenvalue weighted by Crippen LogP contribution is 2.31. The van der Waals surface area contributed by atoms with Crippen molar-refractivity contribution in [2.45, 2.75) is 18.9 Å². The Bertz CT molecular complexity index is 338. The highest BCUT2D eigenvalue weighted by molar-refractivity contribution is 5.40. The van der Waals surface area contributed by atoms with E-state index in [1.807, 2.05) is 6.07 Å². The van der Waals surface area contributed by atoms with E-state index in [2.05, 4.69) is 12.1 Å². The van der Waals surface area contributed by atoms with Gasteiger partial charge in [0, 0.05) is 25.1 Å². The summed E-state index contributed by atoms with van der Waals surface area (Å²) < 4.78 is 10.6. The first-order valence-electron chi connectivity index (χ1n) is 5.31. The van der Waals surface area contributed by atoms with Crippen LogP contribution in [0.3, 0.4) is 0 Å². The van der Waals surface area contributed by atoms with E-state index in [0.717, 1.165) is 37.4 Å². The monoisotopic (exact) mass is 207 g/mol. The summed E-state index contributed by atoms with van der Waals surface area (Å²) in [6.45, 7) is 1.47. The van der Waals surface area contributed by atoms with Crippen molar-refractivity contribution in [1.82, 2.24) is 0 Å². The summed E-state index contributed by atoms with van der Waals surface area (Å²) in [6, 6.07) is 6.35. The molecule has 0 aliphatic carbocycles. The molecular formula is C12H17NO2. The van der Waals surface area contributed by atoms with Gasteiger partial charge >= 0.3 is 0 Å². The molecule has 1 heterocycles. The predicted molar refractivity (Wildman–Crippen MR) is 59.1 cm³/mol. The minimum atomic E-state index is 0.122. The van der Waals surface area contributed by atoms with Crippen molar-refractivity contribution in [3.63, 3.8) is 0 Å². The Morgan fingerprint density at radius 2 is 2.40 bits per heavy atom. The first-order valence-corrected chi connectivity index (χ1v) is 5.31. The highest BCUT2D eigenvalue weighted by atomic mass is 16.5. The smallest absolute Gasteiger partial charge is 0.124 e. The lowest BCUT2D eigenvalue weighted by Crippen LogP contribution is -2.20. The minimum absolute atomic E-state index is 0.122. The Labute approximate surface area is 90.2 Å². The van der Waals surface area contributed by atoms with Gasteiger partial charge in [-0.05, 0) is 18.1 Å². The third-order valence-corrected chi connectivity index (χ3v) is 2.75. The second-order valence-corrected chi connectivity index (χ2v) is 3.86. The zero-order valence-electron chi connectivity index (χ0n) is 9.03. The molecule has 3 heteroatoms. The van der Waals surface area contributed by atoms with E-state index in [-0.39, 0.29) is 6.04 Å². The fourth-order valence-corrected chi connectivity index (χ4v) is 1.85. The number of rotatable bonds is 3. The van der Waals surface area contributed by atoms with Crippen LogP contribution in [0.5, 0.6) is 5.75 Å². The first kappa shape index (κ1) is 10.5. The lowest BCUT2D eigenvalue weighted by atomic mass is 9.98. The van der Waals surface area contributed by atoms with Gasteiger partial charge in [-0.15, -0.1) is 0 Å². The predicted octanol–water partition coefficient (Wildman–Crippen LogP) is 1.66. The zero-order valence-corrected chi connectivity index (χ0v) is 9.03. The molecule has 1 atom stereocenters. The maximum atomic E-state index is 6.03. The van der Waals surface area contributed by atoms with E-state index in [9.17, 15) is 0 Å². The maximum Gasteiger partial charge on any atom is 0.124 e. The van der Waals surface area contributed by atoms with Crippen LogP contribution in [-0.4, -0.2) is 20.3 Å². The SMILES string of the molecule is COCCc1ccc2c(c1)C(N)CCO2. The van der Waals surface area contributed by atoms with Gasteiger partial charge in [-0.25, -0.2) is 0 Å². The normalized spacial score (nSPS) is 19.5.